The molecule has 0 atom stereocenters. The SMILES string of the molecule is c1ccc(N2CCN(c3nc4cccc(-c5ccc(-n6ccnc6)cc5)n4n3)CC2)cc1. The average Bonchev–Trinajstić information content (AvgIpc) is 3.55. The van der Waals surface area contributed by atoms with Crippen LogP contribution >= 0.6 is 0 Å². The van der Waals surface area contributed by atoms with Crippen LogP contribution in [-0.4, -0.2) is 50.3 Å². The van der Waals surface area contributed by atoms with E-state index in [1.54, 1.807) is 12.5 Å². The van der Waals surface area contributed by atoms with Gasteiger partial charge in [-0.25, -0.2) is 9.50 Å². The van der Waals surface area contributed by atoms with Gasteiger partial charge < -0.3 is 14.4 Å². The van der Waals surface area contributed by atoms with E-state index in [1.165, 1.54) is 5.69 Å². The van der Waals surface area contributed by atoms with Crippen LogP contribution in [0.1, 0.15) is 0 Å². The number of hydrogen-bond acceptors (Lipinski definition) is 5. The van der Waals surface area contributed by atoms with Crippen LogP contribution in [0.4, 0.5) is 11.6 Å². The molecule has 0 aliphatic carbocycles. The molecule has 7 heteroatoms. The van der Waals surface area contributed by atoms with Crippen LogP contribution in [0.5, 0.6) is 0 Å². The minimum Gasteiger partial charge on any atom is -0.368 e. The Balaban J connectivity index is 1.25. The number of aromatic nitrogens is 5. The molecule has 32 heavy (non-hydrogen) atoms. The van der Waals surface area contributed by atoms with Crippen molar-refractivity contribution in [1.29, 1.82) is 0 Å². The lowest BCUT2D eigenvalue weighted by atomic mass is 10.1. The summed E-state index contributed by atoms with van der Waals surface area (Å²) in [6, 6.07) is 25.1. The molecule has 1 aliphatic rings. The summed E-state index contributed by atoms with van der Waals surface area (Å²) in [5.74, 6) is 0.792. The molecule has 3 aromatic heterocycles. The molecule has 0 bridgehead atoms. The standard InChI is InChI=1S/C25H23N7/c1-2-5-21(6-3-1)29-15-17-30(18-16-29)25-27-24-8-4-7-23(32(24)28-25)20-9-11-22(12-10-20)31-14-13-26-19-31/h1-14,19H,15-18H2. The highest BCUT2D eigenvalue weighted by Gasteiger charge is 2.21. The zero-order valence-electron chi connectivity index (χ0n) is 17.6. The van der Waals surface area contributed by atoms with Gasteiger partial charge in [0, 0.05) is 55.5 Å². The minimum atomic E-state index is 0.792. The zero-order valence-corrected chi connectivity index (χ0v) is 17.6. The van der Waals surface area contributed by atoms with Crippen molar-refractivity contribution in [2.45, 2.75) is 0 Å². The number of hydrogen-bond donors (Lipinski definition) is 0. The maximum Gasteiger partial charge on any atom is 0.245 e. The van der Waals surface area contributed by atoms with Crippen molar-refractivity contribution in [1.82, 2.24) is 24.1 Å². The maximum absolute atomic E-state index is 4.88. The molecule has 7 nitrogen and oxygen atoms in total. The van der Waals surface area contributed by atoms with Crippen LogP contribution in [0.15, 0.2) is 91.5 Å². The van der Waals surface area contributed by atoms with Crippen LogP contribution in [-0.2, 0) is 0 Å². The van der Waals surface area contributed by atoms with Gasteiger partial charge in [0.1, 0.15) is 0 Å². The molecule has 0 amide bonds. The van der Waals surface area contributed by atoms with E-state index in [4.69, 9.17) is 10.1 Å². The third-order valence-electron chi connectivity index (χ3n) is 6.00. The van der Waals surface area contributed by atoms with Gasteiger partial charge in [0.15, 0.2) is 5.65 Å². The number of nitrogens with zero attached hydrogens (tertiary/aromatic N) is 7. The number of imidazole rings is 1. The first kappa shape index (κ1) is 18.6. The molecular formula is C25H23N7. The van der Waals surface area contributed by atoms with Gasteiger partial charge in [-0.1, -0.05) is 36.4 Å². The number of pyridine rings is 1. The second-order valence-electron chi connectivity index (χ2n) is 7.92. The van der Waals surface area contributed by atoms with Crippen molar-refractivity contribution < 1.29 is 0 Å². The number of benzene rings is 2. The van der Waals surface area contributed by atoms with E-state index in [0.717, 1.165) is 54.7 Å². The summed E-state index contributed by atoms with van der Waals surface area (Å²) in [7, 11) is 0. The molecule has 4 heterocycles. The molecule has 0 N–H and O–H groups in total. The Kier molecular flexibility index (Phi) is 4.57. The molecule has 0 radical (unpaired) electrons. The summed E-state index contributed by atoms with van der Waals surface area (Å²) in [6.45, 7) is 3.73. The first-order valence-electron chi connectivity index (χ1n) is 10.8. The number of fused-ring (bicyclic) bond motifs is 1. The molecule has 1 saturated heterocycles. The van der Waals surface area contributed by atoms with E-state index in [0.29, 0.717) is 0 Å². The maximum atomic E-state index is 4.88. The molecule has 158 valence electrons. The van der Waals surface area contributed by atoms with E-state index in [2.05, 4.69) is 75.4 Å². The van der Waals surface area contributed by atoms with Gasteiger partial charge >= 0.3 is 0 Å². The van der Waals surface area contributed by atoms with Crippen molar-refractivity contribution in [2.75, 3.05) is 36.0 Å². The number of rotatable bonds is 4. The van der Waals surface area contributed by atoms with Gasteiger partial charge in [-0.3, -0.25) is 0 Å². The number of piperazine rings is 1. The zero-order chi connectivity index (χ0) is 21.3. The van der Waals surface area contributed by atoms with Crippen molar-refractivity contribution in [3.63, 3.8) is 0 Å². The minimum absolute atomic E-state index is 0.792. The van der Waals surface area contributed by atoms with Crippen LogP contribution in [0.3, 0.4) is 0 Å². The van der Waals surface area contributed by atoms with Crippen LogP contribution in [0.25, 0.3) is 22.6 Å². The Morgan fingerprint density at radius 3 is 2.22 bits per heavy atom. The van der Waals surface area contributed by atoms with Gasteiger partial charge in [-0.05, 0) is 36.4 Å². The second-order valence-corrected chi connectivity index (χ2v) is 7.92. The fourth-order valence-electron chi connectivity index (χ4n) is 4.27. The quantitative estimate of drug-likeness (QED) is 0.440. The largest absolute Gasteiger partial charge is 0.368 e. The summed E-state index contributed by atoms with van der Waals surface area (Å²) >= 11 is 0. The smallest absolute Gasteiger partial charge is 0.245 e. The second kappa shape index (κ2) is 7.85. The van der Waals surface area contributed by atoms with Crippen molar-refractivity contribution >= 4 is 17.3 Å². The predicted octanol–water partition coefficient (Wildman–Crippen LogP) is 3.91. The number of anilines is 2. The lowest BCUT2D eigenvalue weighted by molar-refractivity contribution is 0.640. The van der Waals surface area contributed by atoms with Gasteiger partial charge in [0.25, 0.3) is 0 Å². The third kappa shape index (κ3) is 3.37. The molecule has 5 aromatic rings. The van der Waals surface area contributed by atoms with E-state index in [1.807, 2.05) is 27.4 Å². The van der Waals surface area contributed by atoms with Crippen molar-refractivity contribution in [3.8, 4) is 16.9 Å². The molecular weight excluding hydrogens is 398 g/mol. The Morgan fingerprint density at radius 2 is 1.47 bits per heavy atom. The summed E-state index contributed by atoms with van der Waals surface area (Å²) in [4.78, 5) is 13.6. The van der Waals surface area contributed by atoms with Gasteiger partial charge in [0.05, 0.1) is 12.0 Å². The monoisotopic (exact) mass is 421 g/mol. The molecule has 6 rings (SSSR count). The van der Waals surface area contributed by atoms with Crippen molar-refractivity contribution in [2.24, 2.45) is 0 Å². The van der Waals surface area contributed by atoms with Crippen LogP contribution < -0.4 is 9.80 Å². The highest BCUT2D eigenvalue weighted by molar-refractivity contribution is 5.65. The van der Waals surface area contributed by atoms with E-state index in [-0.39, 0.29) is 0 Å². The molecule has 2 aromatic carbocycles. The first-order valence-corrected chi connectivity index (χ1v) is 10.8. The van der Waals surface area contributed by atoms with Gasteiger partial charge in [0.2, 0.25) is 5.95 Å². The molecule has 0 saturated carbocycles. The highest BCUT2D eigenvalue weighted by atomic mass is 15.4. The Morgan fingerprint density at radius 1 is 0.688 bits per heavy atom. The predicted molar refractivity (Wildman–Crippen MR) is 126 cm³/mol. The Labute approximate surface area is 186 Å². The van der Waals surface area contributed by atoms with Gasteiger partial charge in [-0.15, -0.1) is 5.10 Å². The summed E-state index contributed by atoms with van der Waals surface area (Å²) in [6.07, 6.45) is 5.53. The van der Waals surface area contributed by atoms with Crippen LogP contribution in [0.2, 0.25) is 0 Å². The Bertz CT molecular complexity index is 1320. The van der Waals surface area contributed by atoms with Crippen molar-refractivity contribution in [3.05, 3.63) is 91.5 Å². The normalized spacial score (nSPS) is 14.2. The molecule has 0 unspecified atom stereocenters. The molecule has 0 spiro atoms. The third-order valence-corrected chi connectivity index (χ3v) is 6.00. The first-order chi connectivity index (χ1) is 15.8. The molecule has 1 aliphatic heterocycles. The van der Waals surface area contributed by atoms with Crippen LogP contribution in [0, 0.1) is 0 Å². The van der Waals surface area contributed by atoms with Gasteiger partial charge in [-0.2, -0.15) is 4.98 Å². The Hall–Kier alpha value is -4.13. The average molecular weight is 422 g/mol. The van der Waals surface area contributed by atoms with E-state index in [9.17, 15) is 0 Å². The lowest BCUT2D eigenvalue weighted by Gasteiger charge is -2.35. The van der Waals surface area contributed by atoms with E-state index < -0.39 is 0 Å². The number of para-hydroxylation sites is 1. The summed E-state index contributed by atoms with van der Waals surface area (Å²) in [5.41, 5.74) is 5.35. The lowest BCUT2D eigenvalue weighted by Crippen LogP contribution is -2.47. The topological polar surface area (TPSA) is 54.5 Å². The summed E-state index contributed by atoms with van der Waals surface area (Å²) in [5, 5.41) is 4.88. The van der Waals surface area contributed by atoms with E-state index >= 15 is 0 Å². The fourth-order valence-corrected chi connectivity index (χ4v) is 4.27. The fraction of sp³-hybridized carbons (Fsp3) is 0.160. The summed E-state index contributed by atoms with van der Waals surface area (Å²) < 4.78 is 3.94. The highest BCUT2D eigenvalue weighted by Crippen LogP contribution is 2.24. The molecule has 1 fully saturated rings.